The predicted octanol–water partition coefficient (Wildman–Crippen LogP) is 4.69. The van der Waals surface area contributed by atoms with E-state index in [2.05, 4.69) is 6.92 Å². The van der Waals surface area contributed by atoms with Crippen LogP contribution in [-0.2, 0) is 11.0 Å². The van der Waals surface area contributed by atoms with Crippen LogP contribution in [0.5, 0.6) is 5.75 Å². The summed E-state index contributed by atoms with van der Waals surface area (Å²) in [6.07, 6.45) is -0.786. The van der Waals surface area contributed by atoms with Gasteiger partial charge in [-0.05, 0) is 18.6 Å². The summed E-state index contributed by atoms with van der Waals surface area (Å²) in [5.41, 5.74) is -2.46. The minimum atomic E-state index is -4.67. The van der Waals surface area contributed by atoms with Crippen molar-refractivity contribution in [3.63, 3.8) is 0 Å². The smallest absolute Gasteiger partial charge is 0.417 e. The molecule has 1 aromatic heterocycles. The van der Waals surface area contributed by atoms with Gasteiger partial charge < -0.3 is 9.15 Å². The summed E-state index contributed by atoms with van der Waals surface area (Å²) in [6.45, 7) is 2.05. The van der Waals surface area contributed by atoms with Gasteiger partial charge in [-0.15, -0.1) is 0 Å². The van der Waals surface area contributed by atoms with Crippen LogP contribution >= 0.6 is 0 Å². The third-order valence-electron chi connectivity index (χ3n) is 3.49. The zero-order chi connectivity index (χ0) is 17.7. The molecule has 2 rings (SSSR count). The number of carbonyl (C=O) groups is 1. The molecular formula is C17H17F3O4. The summed E-state index contributed by atoms with van der Waals surface area (Å²) < 4.78 is 48.7. The molecule has 0 spiro atoms. The van der Waals surface area contributed by atoms with E-state index >= 15 is 0 Å². The van der Waals surface area contributed by atoms with Gasteiger partial charge in [0.1, 0.15) is 11.3 Å². The quantitative estimate of drug-likeness (QED) is 0.331. The highest BCUT2D eigenvalue weighted by molar-refractivity contribution is 5.83. The molecule has 4 nitrogen and oxygen atoms in total. The van der Waals surface area contributed by atoms with Gasteiger partial charge in [-0.3, -0.25) is 4.79 Å². The number of halogens is 3. The fourth-order valence-electron chi connectivity index (χ4n) is 2.32. The lowest BCUT2D eigenvalue weighted by Gasteiger charge is -2.10. The van der Waals surface area contributed by atoms with E-state index in [4.69, 9.17) is 9.15 Å². The molecule has 0 unspecified atom stereocenters. The Morgan fingerprint density at radius 1 is 1.17 bits per heavy atom. The Kier molecular flexibility index (Phi) is 5.64. The maximum absolute atomic E-state index is 12.9. The molecule has 0 aliphatic carbocycles. The number of fused-ring (bicyclic) bond motifs is 1. The summed E-state index contributed by atoms with van der Waals surface area (Å²) in [5.74, 6) is -0.426. The number of rotatable bonds is 6. The Hall–Kier alpha value is -2.31. The second-order valence-electron chi connectivity index (χ2n) is 5.42. The molecule has 1 aromatic carbocycles. The van der Waals surface area contributed by atoms with Crippen LogP contribution in [0, 0.1) is 0 Å². The van der Waals surface area contributed by atoms with Gasteiger partial charge in [0.2, 0.25) is 0 Å². The van der Waals surface area contributed by atoms with Gasteiger partial charge in [0.25, 0.3) is 0 Å². The average Bonchev–Trinajstić information content (AvgIpc) is 2.49. The molecule has 7 heteroatoms. The van der Waals surface area contributed by atoms with E-state index in [1.807, 2.05) is 0 Å². The van der Waals surface area contributed by atoms with E-state index < -0.39 is 23.3 Å². The largest absolute Gasteiger partial charge is 0.426 e. The number of carbonyl (C=O) groups excluding carboxylic acids is 1. The lowest BCUT2D eigenvalue weighted by atomic mass is 10.1. The van der Waals surface area contributed by atoms with Crippen molar-refractivity contribution in [1.29, 1.82) is 0 Å². The van der Waals surface area contributed by atoms with Crippen LogP contribution in [0.1, 0.15) is 44.6 Å². The Bertz CT molecular complexity index is 777. The SMILES string of the molecule is CCCCCCC(=O)Oc1ccc2c(C(F)(F)F)cc(=O)oc2c1. The highest BCUT2D eigenvalue weighted by Gasteiger charge is 2.33. The molecule has 0 atom stereocenters. The van der Waals surface area contributed by atoms with Crippen LogP contribution in [0.25, 0.3) is 11.0 Å². The van der Waals surface area contributed by atoms with E-state index in [0.717, 1.165) is 31.4 Å². The number of hydrogen-bond donors (Lipinski definition) is 0. The standard InChI is InChI=1S/C17H17F3O4/c1-2-3-4-5-6-15(21)23-11-7-8-12-13(17(18,19)20)10-16(22)24-14(12)9-11/h7-10H,2-6H2,1H3. The van der Waals surface area contributed by atoms with Gasteiger partial charge in [-0.1, -0.05) is 26.2 Å². The molecule has 0 radical (unpaired) electrons. The molecule has 0 bridgehead atoms. The Morgan fingerprint density at radius 2 is 1.92 bits per heavy atom. The summed E-state index contributed by atoms with van der Waals surface area (Å²) in [7, 11) is 0. The highest BCUT2D eigenvalue weighted by Crippen LogP contribution is 2.34. The maximum atomic E-state index is 12.9. The first-order valence-electron chi connectivity index (χ1n) is 7.67. The van der Waals surface area contributed by atoms with Crippen molar-refractivity contribution >= 4 is 16.9 Å². The van der Waals surface area contributed by atoms with Crippen molar-refractivity contribution in [3.05, 3.63) is 40.2 Å². The molecule has 0 aliphatic heterocycles. The average molecular weight is 342 g/mol. The summed E-state index contributed by atoms with van der Waals surface area (Å²) >= 11 is 0. The molecule has 130 valence electrons. The minimum Gasteiger partial charge on any atom is -0.426 e. The van der Waals surface area contributed by atoms with Gasteiger partial charge in [-0.25, -0.2) is 4.79 Å². The Labute approximate surface area is 136 Å². The van der Waals surface area contributed by atoms with Crippen LogP contribution in [0.2, 0.25) is 0 Å². The lowest BCUT2D eigenvalue weighted by Crippen LogP contribution is -2.11. The first-order valence-corrected chi connectivity index (χ1v) is 7.67. The van der Waals surface area contributed by atoms with E-state index in [1.165, 1.54) is 6.07 Å². The number of alkyl halides is 3. The highest BCUT2D eigenvalue weighted by atomic mass is 19.4. The van der Waals surface area contributed by atoms with Crippen molar-refractivity contribution in [2.45, 2.75) is 45.2 Å². The van der Waals surface area contributed by atoms with Crippen LogP contribution < -0.4 is 10.4 Å². The second kappa shape index (κ2) is 7.51. The first kappa shape index (κ1) is 18.0. The second-order valence-corrected chi connectivity index (χ2v) is 5.42. The lowest BCUT2D eigenvalue weighted by molar-refractivity contribution is -0.137. The van der Waals surface area contributed by atoms with Gasteiger partial charge in [-0.2, -0.15) is 13.2 Å². The van der Waals surface area contributed by atoms with Crippen molar-refractivity contribution in [2.75, 3.05) is 0 Å². The van der Waals surface area contributed by atoms with Crippen molar-refractivity contribution in [3.8, 4) is 5.75 Å². The third-order valence-corrected chi connectivity index (χ3v) is 3.49. The number of benzene rings is 1. The fourth-order valence-corrected chi connectivity index (χ4v) is 2.32. The topological polar surface area (TPSA) is 56.5 Å². The van der Waals surface area contributed by atoms with Crippen LogP contribution in [0.4, 0.5) is 13.2 Å². The van der Waals surface area contributed by atoms with Gasteiger partial charge in [0.15, 0.2) is 0 Å². The number of ether oxygens (including phenoxy) is 1. The van der Waals surface area contributed by atoms with Crippen molar-refractivity contribution < 1.29 is 27.1 Å². The molecule has 2 aromatic rings. The number of esters is 1. The van der Waals surface area contributed by atoms with E-state index in [-0.39, 0.29) is 23.1 Å². The van der Waals surface area contributed by atoms with Gasteiger partial charge >= 0.3 is 17.8 Å². The first-order chi connectivity index (χ1) is 11.3. The summed E-state index contributed by atoms with van der Waals surface area (Å²) in [4.78, 5) is 23.0. The molecule has 24 heavy (non-hydrogen) atoms. The number of hydrogen-bond acceptors (Lipinski definition) is 4. The molecule has 1 heterocycles. The van der Waals surface area contributed by atoms with E-state index in [9.17, 15) is 22.8 Å². The third kappa shape index (κ3) is 4.59. The summed E-state index contributed by atoms with van der Waals surface area (Å²) in [6, 6.07) is 3.90. The van der Waals surface area contributed by atoms with Crippen LogP contribution in [0.15, 0.2) is 33.5 Å². The zero-order valence-corrected chi connectivity index (χ0v) is 13.1. The molecule has 0 saturated heterocycles. The summed E-state index contributed by atoms with van der Waals surface area (Å²) in [5, 5.41) is -0.259. The molecular weight excluding hydrogens is 325 g/mol. The van der Waals surface area contributed by atoms with Crippen molar-refractivity contribution in [1.82, 2.24) is 0 Å². The molecule has 0 N–H and O–H groups in total. The van der Waals surface area contributed by atoms with Crippen molar-refractivity contribution in [2.24, 2.45) is 0 Å². The monoisotopic (exact) mass is 342 g/mol. The molecule has 0 aliphatic rings. The molecule has 0 saturated carbocycles. The van der Waals surface area contributed by atoms with Crippen LogP contribution in [0.3, 0.4) is 0 Å². The predicted molar refractivity (Wildman–Crippen MR) is 81.9 cm³/mol. The van der Waals surface area contributed by atoms with Gasteiger partial charge in [0, 0.05) is 23.9 Å². The van der Waals surface area contributed by atoms with Crippen LogP contribution in [-0.4, -0.2) is 5.97 Å². The number of unbranched alkanes of at least 4 members (excludes halogenated alkanes) is 3. The molecule has 0 fully saturated rings. The zero-order valence-electron chi connectivity index (χ0n) is 13.1. The van der Waals surface area contributed by atoms with Gasteiger partial charge in [0.05, 0.1) is 5.56 Å². The normalized spacial score (nSPS) is 11.7. The molecule has 0 amide bonds. The minimum absolute atomic E-state index is 0.0467. The Morgan fingerprint density at radius 3 is 2.58 bits per heavy atom. The maximum Gasteiger partial charge on any atom is 0.417 e. The fraction of sp³-hybridized carbons (Fsp3) is 0.412. The Balaban J connectivity index is 2.20. The van der Waals surface area contributed by atoms with E-state index in [1.54, 1.807) is 0 Å². The van der Waals surface area contributed by atoms with E-state index in [0.29, 0.717) is 12.5 Å².